The first-order valence-electron chi connectivity index (χ1n) is 8.15. The Morgan fingerprint density at radius 2 is 1.89 bits per heavy atom. The smallest absolute Gasteiger partial charge is 0.349 e. The van der Waals surface area contributed by atoms with Crippen molar-refractivity contribution in [3.63, 3.8) is 0 Å². The topological polar surface area (TPSA) is 72.5 Å². The number of carbonyl (C=O) groups excluding carboxylic acids is 3. The van der Waals surface area contributed by atoms with Crippen molar-refractivity contribution in [1.82, 2.24) is 0 Å². The van der Waals surface area contributed by atoms with Gasteiger partial charge in [0.25, 0.3) is 5.91 Å². The van der Waals surface area contributed by atoms with Crippen LogP contribution in [0.2, 0.25) is 0 Å². The van der Waals surface area contributed by atoms with Crippen LogP contribution in [0, 0.1) is 5.82 Å². The highest BCUT2D eigenvalue weighted by atomic mass is 32.1. The van der Waals surface area contributed by atoms with Crippen LogP contribution in [0.4, 0.5) is 10.1 Å². The average molecular weight is 385 g/mol. The molecule has 0 aliphatic heterocycles. The van der Waals surface area contributed by atoms with Crippen molar-refractivity contribution in [2.75, 3.05) is 5.32 Å². The molecule has 0 bridgehead atoms. The Morgan fingerprint density at radius 1 is 1.11 bits per heavy atom. The van der Waals surface area contributed by atoms with Gasteiger partial charge < -0.3 is 10.1 Å². The summed E-state index contributed by atoms with van der Waals surface area (Å²) in [5, 5.41) is 3.22. The van der Waals surface area contributed by atoms with E-state index in [1.54, 1.807) is 30.3 Å². The van der Waals surface area contributed by atoms with Crippen molar-refractivity contribution in [1.29, 1.82) is 0 Å². The highest BCUT2D eigenvalue weighted by molar-refractivity contribution is 7.20. The summed E-state index contributed by atoms with van der Waals surface area (Å²) in [5.74, 6) is -1.68. The molecule has 0 saturated carbocycles. The maximum Gasteiger partial charge on any atom is 0.349 e. The highest BCUT2D eigenvalue weighted by Gasteiger charge is 2.21. The number of benzene rings is 2. The van der Waals surface area contributed by atoms with Crippen LogP contribution in [-0.2, 0) is 9.53 Å². The van der Waals surface area contributed by atoms with Crippen LogP contribution in [0.25, 0.3) is 10.1 Å². The number of carbonyl (C=O) groups is 3. The van der Waals surface area contributed by atoms with Crippen LogP contribution in [0.3, 0.4) is 0 Å². The quantitative estimate of drug-likeness (QED) is 0.521. The van der Waals surface area contributed by atoms with Crippen molar-refractivity contribution in [3.05, 3.63) is 64.8 Å². The number of hydrogen-bond acceptors (Lipinski definition) is 5. The third-order valence-electron chi connectivity index (χ3n) is 3.87. The summed E-state index contributed by atoms with van der Waals surface area (Å²) in [4.78, 5) is 36.2. The van der Waals surface area contributed by atoms with Gasteiger partial charge in [0.1, 0.15) is 10.7 Å². The lowest BCUT2D eigenvalue weighted by Gasteiger charge is -2.13. The summed E-state index contributed by atoms with van der Waals surface area (Å²) >= 11 is 1.17. The molecule has 2 aromatic carbocycles. The van der Waals surface area contributed by atoms with Crippen molar-refractivity contribution in [2.24, 2.45) is 0 Å². The van der Waals surface area contributed by atoms with Gasteiger partial charge in [0.15, 0.2) is 11.9 Å². The summed E-state index contributed by atoms with van der Waals surface area (Å²) in [6, 6.07) is 12.3. The molecule has 1 atom stereocenters. The van der Waals surface area contributed by atoms with Gasteiger partial charge in [0.05, 0.1) is 0 Å². The summed E-state index contributed by atoms with van der Waals surface area (Å²) in [5.41, 5.74) is 0.905. The monoisotopic (exact) mass is 385 g/mol. The Balaban J connectivity index is 1.67. The van der Waals surface area contributed by atoms with Gasteiger partial charge in [-0.05, 0) is 55.6 Å². The zero-order chi connectivity index (χ0) is 19.6. The maximum atomic E-state index is 13.3. The number of ketones is 1. The van der Waals surface area contributed by atoms with E-state index in [-0.39, 0.29) is 16.5 Å². The molecule has 3 aromatic rings. The maximum absolute atomic E-state index is 13.3. The third kappa shape index (κ3) is 4.38. The van der Waals surface area contributed by atoms with Crippen LogP contribution in [0.1, 0.15) is 33.9 Å². The van der Waals surface area contributed by atoms with Crippen LogP contribution in [0.5, 0.6) is 0 Å². The van der Waals surface area contributed by atoms with Crippen molar-refractivity contribution in [2.45, 2.75) is 20.0 Å². The second kappa shape index (κ2) is 7.67. The fraction of sp³-hybridized carbons (Fsp3) is 0.150. The molecule has 0 radical (unpaired) electrons. The molecule has 0 aliphatic carbocycles. The van der Waals surface area contributed by atoms with Crippen molar-refractivity contribution >= 4 is 44.8 Å². The van der Waals surface area contributed by atoms with Gasteiger partial charge in [-0.25, -0.2) is 9.18 Å². The second-order valence-corrected chi connectivity index (χ2v) is 7.05. The molecule has 0 unspecified atom stereocenters. The Morgan fingerprint density at radius 3 is 2.63 bits per heavy atom. The second-order valence-electron chi connectivity index (χ2n) is 5.97. The summed E-state index contributed by atoms with van der Waals surface area (Å²) in [6.07, 6.45) is -1.04. The fourth-order valence-electron chi connectivity index (χ4n) is 2.45. The lowest BCUT2D eigenvalue weighted by Crippen LogP contribution is -2.29. The number of Topliss-reactive ketones (excluding diaryl/α,β-unsaturated/α-hetero) is 1. The van der Waals surface area contributed by atoms with Gasteiger partial charge in [-0.3, -0.25) is 9.59 Å². The molecular weight excluding hydrogens is 369 g/mol. The predicted octanol–water partition coefficient (Wildman–Crippen LogP) is 4.43. The largest absolute Gasteiger partial charge is 0.448 e. The number of anilines is 1. The van der Waals surface area contributed by atoms with Gasteiger partial charge in [-0.15, -0.1) is 11.3 Å². The first kappa shape index (κ1) is 18.7. The number of esters is 1. The van der Waals surface area contributed by atoms with E-state index in [0.717, 1.165) is 4.70 Å². The van der Waals surface area contributed by atoms with E-state index in [0.29, 0.717) is 16.6 Å². The van der Waals surface area contributed by atoms with Gasteiger partial charge in [-0.1, -0.05) is 12.1 Å². The number of amides is 1. The number of ether oxygens (including phenoxy) is 1. The van der Waals surface area contributed by atoms with Crippen molar-refractivity contribution in [3.8, 4) is 0 Å². The molecule has 27 heavy (non-hydrogen) atoms. The highest BCUT2D eigenvalue weighted by Crippen LogP contribution is 2.27. The predicted molar refractivity (Wildman–Crippen MR) is 102 cm³/mol. The zero-order valence-corrected chi connectivity index (χ0v) is 15.4. The molecule has 0 fully saturated rings. The Hall–Kier alpha value is -3.06. The molecule has 138 valence electrons. The van der Waals surface area contributed by atoms with E-state index in [4.69, 9.17) is 4.74 Å². The first-order valence-corrected chi connectivity index (χ1v) is 8.97. The third-order valence-corrected chi connectivity index (χ3v) is 4.97. The Kier molecular flexibility index (Phi) is 5.32. The van der Waals surface area contributed by atoms with Crippen LogP contribution >= 0.6 is 11.3 Å². The minimum atomic E-state index is -1.04. The molecule has 1 heterocycles. The van der Waals surface area contributed by atoms with Gasteiger partial charge >= 0.3 is 5.97 Å². The number of nitrogens with one attached hydrogen (secondary N) is 1. The van der Waals surface area contributed by atoms with E-state index in [2.05, 4.69) is 5.32 Å². The van der Waals surface area contributed by atoms with E-state index in [9.17, 15) is 18.8 Å². The average Bonchev–Trinajstić information content (AvgIpc) is 3.05. The van der Waals surface area contributed by atoms with Gasteiger partial charge in [0, 0.05) is 16.0 Å². The first-order chi connectivity index (χ1) is 12.8. The molecule has 1 amide bonds. The standard InChI is InChI=1S/C20H16FNO4S/c1-11(23)13-4-3-5-16(9-13)22-19(24)12(2)26-20(25)18-10-14-8-15(21)6-7-17(14)27-18/h3-10,12H,1-2H3,(H,22,24)/t12-/m1/s1. The summed E-state index contributed by atoms with van der Waals surface area (Å²) < 4.78 is 19.2. The molecule has 7 heteroatoms. The zero-order valence-electron chi connectivity index (χ0n) is 14.6. The normalized spacial score (nSPS) is 11.8. The van der Waals surface area contributed by atoms with Crippen LogP contribution in [-0.4, -0.2) is 23.8 Å². The van der Waals surface area contributed by atoms with E-state index in [1.165, 1.54) is 43.4 Å². The van der Waals surface area contributed by atoms with Crippen LogP contribution < -0.4 is 5.32 Å². The molecular formula is C20H16FNO4S. The molecule has 0 saturated heterocycles. The minimum Gasteiger partial charge on any atom is -0.448 e. The van der Waals surface area contributed by atoms with E-state index < -0.39 is 18.0 Å². The van der Waals surface area contributed by atoms with Crippen molar-refractivity contribution < 1.29 is 23.5 Å². The minimum absolute atomic E-state index is 0.119. The summed E-state index contributed by atoms with van der Waals surface area (Å²) in [6.45, 7) is 2.89. The molecule has 5 nitrogen and oxygen atoms in total. The number of thiophene rings is 1. The van der Waals surface area contributed by atoms with E-state index >= 15 is 0 Å². The summed E-state index contributed by atoms with van der Waals surface area (Å²) in [7, 11) is 0. The molecule has 1 N–H and O–H groups in total. The lowest BCUT2D eigenvalue weighted by molar-refractivity contribution is -0.123. The molecule has 0 spiro atoms. The molecule has 3 rings (SSSR count). The Labute approximate surface area is 158 Å². The number of fused-ring (bicyclic) bond motifs is 1. The number of rotatable bonds is 5. The number of hydrogen-bond donors (Lipinski definition) is 1. The van der Waals surface area contributed by atoms with Gasteiger partial charge in [0.2, 0.25) is 0 Å². The molecule has 1 aromatic heterocycles. The lowest BCUT2D eigenvalue weighted by atomic mass is 10.1. The van der Waals surface area contributed by atoms with Gasteiger partial charge in [-0.2, -0.15) is 0 Å². The van der Waals surface area contributed by atoms with E-state index in [1.807, 2.05) is 0 Å². The fourth-order valence-corrected chi connectivity index (χ4v) is 3.37. The van der Waals surface area contributed by atoms with Crippen LogP contribution in [0.15, 0.2) is 48.5 Å². The Bertz CT molecular complexity index is 1040. The SMILES string of the molecule is CC(=O)c1cccc(NC(=O)[C@@H](C)OC(=O)c2cc3cc(F)ccc3s2)c1. The molecule has 0 aliphatic rings. The number of halogens is 1.